The van der Waals surface area contributed by atoms with E-state index in [0.29, 0.717) is 39.9 Å². The first kappa shape index (κ1) is 19.4. The van der Waals surface area contributed by atoms with E-state index in [1.165, 1.54) is 0 Å². The summed E-state index contributed by atoms with van der Waals surface area (Å²) in [6, 6.07) is 16.4. The molecule has 6 rings (SSSR count). The van der Waals surface area contributed by atoms with Crippen molar-refractivity contribution in [3.8, 4) is 28.7 Å². The number of hydrogen-bond donors (Lipinski definition) is 0. The maximum atomic E-state index is 13.1. The Hall–Kier alpha value is -4.26. The van der Waals surface area contributed by atoms with Crippen LogP contribution >= 0.6 is 0 Å². The van der Waals surface area contributed by atoms with E-state index in [1.54, 1.807) is 25.3 Å². The van der Waals surface area contributed by atoms with E-state index < -0.39 is 5.92 Å². The molecule has 3 aromatic rings. The van der Waals surface area contributed by atoms with Gasteiger partial charge < -0.3 is 23.7 Å². The van der Waals surface area contributed by atoms with Crippen molar-refractivity contribution in [3.63, 3.8) is 0 Å². The second-order valence-electron chi connectivity index (χ2n) is 7.89. The van der Waals surface area contributed by atoms with Crippen LogP contribution in [0.25, 0.3) is 6.08 Å². The van der Waals surface area contributed by atoms with Gasteiger partial charge >= 0.3 is 5.97 Å². The molecule has 0 saturated carbocycles. The zero-order valence-corrected chi connectivity index (χ0v) is 17.6. The first-order chi connectivity index (χ1) is 16.1. The average molecular weight is 442 g/mol. The van der Waals surface area contributed by atoms with E-state index in [0.717, 1.165) is 11.1 Å². The van der Waals surface area contributed by atoms with Crippen LogP contribution in [0.15, 0.2) is 60.4 Å². The van der Waals surface area contributed by atoms with Crippen LogP contribution in [-0.4, -0.2) is 25.7 Å². The van der Waals surface area contributed by atoms with Gasteiger partial charge in [-0.15, -0.1) is 0 Å². The van der Waals surface area contributed by atoms with Crippen molar-refractivity contribution < 1.29 is 33.3 Å². The van der Waals surface area contributed by atoms with Gasteiger partial charge in [-0.25, -0.2) is 0 Å². The van der Waals surface area contributed by atoms with Crippen molar-refractivity contribution >= 4 is 17.8 Å². The van der Waals surface area contributed by atoms with Crippen LogP contribution in [0.5, 0.6) is 28.7 Å². The number of carbonyl (C=O) groups is 2. The van der Waals surface area contributed by atoms with E-state index in [4.69, 9.17) is 23.7 Å². The molecule has 0 radical (unpaired) electrons. The Morgan fingerprint density at radius 2 is 1.79 bits per heavy atom. The molecule has 3 aliphatic rings. The fourth-order valence-electron chi connectivity index (χ4n) is 4.44. The second-order valence-corrected chi connectivity index (χ2v) is 7.89. The molecule has 0 fully saturated rings. The molecular formula is C26H18O7. The van der Waals surface area contributed by atoms with E-state index in [9.17, 15) is 9.59 Å². The molecule has 0 aromatic heterocycles. The van der Waals surface area contributed by atoms with Crippen molar-refractivity contribution in [1.29, 1.82) is 0 Å². The molecule has 3 heterocycles. The van der Waals surface area contributed by atoms with Gasteiger partial charge in [0.1, 0.15) is 11.5 Å². The Morgan fingerprint density at radius 3 is 2.61 bits per heavy atom. The summed E-state index contributed by atoms with van der Waals surface area (Å²) in [7, 11) is 1.55. The molecule has 0 saturated heterocycles. The van der Waals surface area contributed by atoms with E-state index >= 15 is 0 Å². The number of carbonyl (C=O) groups excluding carboxylic acids is 2. The lowest BCUT2D eigenvalue weighted by Gasteiger charge is -2.26. The number of esters is 1. The van der Waals surface area contributed by atoms with Crippen LogP contribution < -0.4 is 23.7 Å². The van der Waals surface area contributed by atoms with Crippen molar-refractivity contribution in [2.24, 2.45) is 0 Å². The molecule has 7 heteroatoms. The van der Waals surface area contributed by atoms with Crippen LogP contribution in [-0.2, 0) is 4.79 Å². The van der Waals surface area contributed by atoms with Gasteiger partial charge in [-0.2, -0.15) is 0 Å². The predicted octanol–water partition coefficient (Wildman–Crippen LogP) is 4.48. The van der Waals surface area contributed by atoms with Gasteiger partial charge in [-0.05, 0) is 41.5 Å². The second kappa shape index (κ2) is 7.41. The summed E-state index contributed by atoms with van der Waals surface area (Å²) in [5.74, 6) is 1.59. The van der Waals surface area contributed by atoms with E-state index in [2.05, 4.69) is 0 Å². The first-order valence-electron chi connectivity index (χ1n) is 10.5. The first-order valence-corrected chi connectivity index (χ1v) is 10.5. The van der Waals surface area contributed by atoms with Crippen molar-refractivity contribution in [2.45, 2.75) is 12.3 Å². The van der Waals surface area contributed by atoms with Crippen LogP contribution in [0.1, 0.15) is 39.4 Å². The van der Waals surface area contributed by atoms with Gasteiger partial charge in [0.15, 0.2) is 17.3 Å². The van der Waals surface area contributed by atoms with Crippen molar-refractivity contribution in [2.75, 3.05) is 13.9 Å². The maximum absolute atomic E-state index is 13.1. The SMILES string of the molecule is COc1cc(C2CC(=O)Oc3ccc4c(c32)OC(=Cc2ccccc2)C4=O)cc2c1OCO2. The highest BCUT2D eigenvalue weighted by atomic mass is 16.7. The third-order valence-corrected chi connectivity index (χ3v) is 5.96. The summed E-state index contributed by atoms with van der Waals surface area (Å²) < 4.78 is 28.1. The minimum Gasteiger partial charge on any atom is -0.493 e. The van der Waals surface area contributed by atoms with Gasteiger partial charge in [0.05, 0.1) is 19.1 Å². The van der Waals surface area contributed by atoms with E-state index in [-0.39, 0.29) is 30.7 Å². The average Bonchev–Trinajstić information content (AvgIpc) is 3.43. The fraction of sp³-hybridized carbons (Fsp3) is 0.154. The van der Waals surface area contributed by atoms with Crippen molar-refractivity contribution in [3.05, 3.63) is 82.6 Å². The number of rotatable bonds is 3. The Morgan fingerprint density at radius 1 is 0.939 bits per heavy atom. The fourth-order valence-corrected chi connectivity index (χ4v) is 4.44. The Labute approximate surface area is 189 Å². The highest BCUT2D eigenvalue weighted by Gasteiger charge is 2.39. The Bertz CT molecular complexity index is 1340. The zero-order chi connectivity index (χ0) is 22.5. The molecule has 1 atom stereocenters. The molecule has 164 valence electrons. The predicted molar refractivity (Wildman–Crippen MR) is 117 cm³/mol. The van der Waals surface area contributed by atoms with E-state index in [1.807, 2.05) is 42.5 Å². The van der Waals surface area contributed by atoms with Crippen molar-refractivity contribution in [1.82, 2.24) is 0 Å². The lowest BCUT2D eigenvalue weighted by atomic mass is 9.84. The zero-order valence-electron chi connectivity index (χ0n) is 17.6. The molecule has 0 spiro atoms. The van der Waals surface area contributed by atoms with Gasteiger partial charge in [0.25, 0.3) is 0 Å². The smallest absolute Gasteiger partial charge is 0.312 e. The summed E-state index contributed by atoms with van der Waals surface area (Å²) in [6.45, 7) is 0.0963. The lowest BCUT2D eigenvalue weighted by molar-refractivity contribution is -0.135. The number of ketones is 1. The summed E-state index contributed by atoms with van der Waals surface area (Å²) in [4.78, 5) is 25.5. The lowest BCUT2D eigenvalue weighted by Crippen LogP contribution is -2.21. The largest absolute Gasteiger partial charge is 0.493 e. The highest BCUT2D eigenvalue weighted by Crippen LogP contribution is 2.51. The quantitative estimate of drug-likeness (QED) is 0.336. The topological polar surface area (TPSA) is 80.3 Å². The monoisotopic (exact) mass is 442 g/mol. The summed E-state index contributed by atoms with van der Waals surface area (Å²) in [6.07, 6.45) is 1.80. The highest BCUT2D eigenvalue weighted by molar-refractivity contribution is 6.15. The number of benzene rings is 3. The van der Waals surface area contributed by atoms with Crippen LogP contribution in [0.4, 0.5) is 0 Å². The van der Waals surface area contributed by atoms with Gasteiger partial charge in [-0.3, -0.25) is 9.59 Å². The summed E-state index contributed by atoms with van der Waals surface area (Å²) in [5, 5.41) is 0. The normalized spacial score (nSPS) is 19.1. The van der Waals surface area contributed by atoms with Crippen LogP contribution in [0.3, 0.4) is 0 Å². The number of ether oxygens (including phenoxy) is 5. The molecule has 3 aliphatic heterocycles. The minimum atomic E-state index is -0.413. The standard InChI is InChI=1S/C26H18O7/c1-29-20-10-15(11-21-26(20)31-13-30-21)17-12-22(27)32-18-8-7-16-24(28)19(33-25(16)23(17)18)9-14-5-3-2-4-6-14/h2-11,17H,12-13H2,1H3. The summed E-state index contributed by atoms with van der Waals surface area (Å²) in [5.41, 5.74) is 2.72. The van der Waals surface area contributed by atoms with Gasteiger partial charge in [0, 0.05) is 11.5 Å². The molecule has 0 N–H and O–H groups in total. The number of methoxy groups -OCH3 is 1. The summed E-state index contributed by atoms with van der Waals surface area (Å²) >= 11 is 0. The molecule has 3 aromatic carbocycles. The van der Waals surface area contributed by atoms with Gasteiger partial charge in [-0.1, -0.05) is 30.3 Å². The molecular weight excluding hydrogens is 424 g/mol. The molecule has 33 heavy (non-hydrogen) atoms. The minimum absolute atomic E-state index is 0.0849. The third kappa shape index (κ3) is 3.12. The number of Topliss-reactive ketones (excluding diaryl/α,β-unsaturated/α-hetero) is 1. The Balaban J connectivity index is 1.48. The molecule has 0 bridgehead atoms. The van der Waals surface area contributed by atoms with Gasteiger partial charge in [0.2, 0.25) is 18.3 Å². The molecule has 0 amide bonds. The molecule has 1 unspecified atom stereocenters. The number of hydrogen-bond acceptors (Lipinski definition) is 7. The van der Waals surface area contributed by atoms with Crippen LogP contribution in [0.2, 0.25) is 0 Å². The maximum Gasteiger partial charge on any atom is 0.312 e. The molecule has 7 nitrogen and oxygen atoms in total. The number of allylic oxidation sites excluding steroid dienone is 1. The molecule has 0 aliphatic carbocycles. The van der Waals surface area contributed by atoms with Crippen LogP contribution in [0, 0.1) is 0 Å². The third-order valence-electron chi connectivity index (χ3n) is 5.96. The number of fused-ring (bicyclic) bond motifs is 4. The Kier molecular flexibility index (Phi) is 4.36.